The van der Waals surface area contributed by atoms with Gasteiger partial charge in [-0.05, 0) is 65.1 Å². The van der Waals surface area contributed by atoms with Crippen LogP contribution in [-0.4, -0.2) is 0 Å². The molecule has 2 aromatic rings. The second kappa shape index (κ2) is 7.71. The summed E-state index contributed by atoms with van der Waals surface area (Å²) in [4.78, 5) is 0. The highest BCUT2D eigenvalue weighted by atomic mass is 127. The lowest BCUT2D eigenvalue weighted by Gasteiger charge is -2.18. The van der Waals surface area contributed by atoms with Gasteiger partial charge in [0.2, 0.25) is 0 Å². The van der Waals surface area contributed by atoms with Crippen LogP contribution in [0.1, 0.15) is 30.0 Å². The van der Waals surface area contributed by atoms with Crippen molar-refractivity contribution in [2.24, 2.45) is 5.84 Å². The van der Waals surface area contributed by atoms with Crippen LogP contribution in [0.5, 0.6) is 0 Å². The van der Waals surface area contributed by atoms with E-state index in [1.807, 2.05) is 12.1 Å². The Hall–Kier alpha value is -0.980. The van der Waals surface area contributed by atoms with Gasteiger partial charge >= 0.3 is 0 Å². The molecule has 0 bridgehead atoms. The van der Waals surface area contributed by atoms with Crippen LogP contribution >= 0.6 is 22.6 Å². The molecule has 0 saturated heterocycles. The van der Waals surface area contributed by atoms with Crippen LogP contribution < -0.4 is 11.3 Å². The zero-order valence-corrected chi connectivity index (χ0v) is 13.3. The van der Waals surface area contributed by atoms with Gasteiger partial charge in [0.15, 0.2) is 0 Å². The first-order valence-corrected chi connectivity index (χ1v) is 7.73. The first-order chi connectivity index (χ1) is 9.70. The SMILES string of the molecule is NNC(CCCc1ccccc1)c1ccc(F)cc1I. The summed E-state index contributed by atoms with van der Waals surface area (Å²) in [6.45, 7) is 0. The first-order valence-electron chi connectivity index (χ1n) is 6.65. The lowest BCUT2D eigenvalue weighted by atomic mass is 9.99. The largest absolute Gasteiger partial charge is 0.271 e. The third kappa shape index (κ3) is 4.26. The van der Waals surface area contributed by atoms with E-state index in [9.17, 15) is 4.39 Å². The summed E-state index contributed by atoms with van der Waals surface area (Å²) in [5.74, 6) is 5.43. The Kier molecular flexibility index (Phi) is 5.94. The number of nitrogens with two attached hydrogens (primary N) is 1. The lowest BCUT2D eigenvalue weighted by Crippen LogP contribution is -2.28. The lowest BCUT2D eigenvalue weighted by molar-refractivity contribution is 0.495. The summed E-state index contributed by atoms with van der Waals surface area (Å²) in [7, 11) is 0. The van der Waals surface area contributed by atoms with Gasteiger partial charge in [-0.1, -0.05) is 36.4 Å². The maximum absolute atomic E-state index is 13.1. The molecule has 0 saturated carbocycles. The molecule has 1 atom stereocenters. The standard InChI is InChI=1S/C16H18FIN2/c17-13-9-10-14(15(18)11-13)16(20-19)8-4-7-12-5-2-1-3-6-12/h1-3,5-6,9-11,16,20H,4,7-8,19H2. The summed E-state index contributed by atoms with van der Waals surface area (Å²) >= 11 is 2.15. The van der Waals surface area contributed by atoms with E-state index in [0.29, 0.717) is 0 Å². The van der Waals surface area contributed by atoms with Gasteiger partial charge in [-0.3, -0.25) is 11.3 Å². The number of hydrazine groups is 1. The minimum atomic E-state index is -0.210. The highest BCUT2D eigenvalue weighted by molar-refractivity contribution is 14.1. The van der Waals surface area contributed by atoms with Crippen molar-refractivity contribution in [2.75, 3.05) is 0 Å². The van der Waals surface area contributed by atoms with Crippen LogP contribution in [0, 0.1) is 9.39 Å². The van der Waals surface area contributed by atoms with Crippen molar-refractivity contribution in [3.05, 3.63) is 69.0 Å². The monoisotopic (exact) mass is 384 g/mol. The second-order valence-electron chi connectivity index (χ2n) is 4.76. The predicted molar refractivity (Wildman–Crippen MR) is 88.6 cm³/mol. The van der Waals surface area contributed by atoms with Gasteiger partial charge in [-0.2, -0.15) is 0 Å². The van der Waals surface area contributed by atoms with E-state index in [4.69, 9.17) is 5.84 Å². The van der Waals surface area contributed by atoms with Crippen molar-refractivity contribution in [1.82, 2.24) is 5.43 Å². The molecule has 0 fully saturated rings. The third-order valence-electron chi connectivity index (χ3n) is 3.34. The molecule has 2 rings (SSSR count). The zero-order valence-electron chi connectivity index (χ0n) is 11.2. The van der Waals surface area contributed by atoms with E-state index >= 15 is 0 Å². The summed E-state index contributed by atoms with van der Waals surface area (Å²) < 4.78 is 14.0. The molecule has 0 aliphatic rings. The molecule has 1 unspecified atom stereocenters. The Morgan fingerprint density at radius 1 is 1.15 bits per heavy atom. The molecule has 20 heavy (non-hydrogen) atoms. The molecule has 0 aliphatic carbocycles. The molecule has 4 heteroatoms. The summed E-state index contributed by atoms with van der Waals surface area (Å²) in [6.07, 6.45) is 2.98. The number of hydrogen-bond acceptors (Lipinski definition) is 2. The molecule has 0 amide bonds. The highest BCUT2D eigenvalue weighted by Crippen LogP contribution is 2.24. The van der Waals surface area contributed by atoms with Gasteiger partial charge in [0.1, 0.15) is 5.82 Å². The molecule has 2 nitrogen and oxygen atoms in total. The average molecular weight is 384 g/mol. The Labute approximate surface area is 132 Å². The quantitative estimate of drug-likeness (QED) is 0.450. The maximum atomic E-state index is 13.1. The van der Waals surface area contributed by atoms with Crippen LogP contribution in [0.4, 0.5) is 4.39 Å². The molecular formula is C16H18FIN2. The Balaban J connectivity index is 1.95. The van der Waals surface area contributed by atoms with Gasteiger partial charge in [0.25, 0.3) is 0 Å². The van der Waals surface area contributed by atoms with Crippen LogP contribution in [0.25, 0.3) is 0 Å². The van der Waals surface area contributed by atoms with Crippen LogP contribution in [0.3, 0.4) is 0 Å². The molecule has 0 heterocycles. The smallest absolute Gasteiger partial charge is 0.124 e. The molecule has 2 aromatic carbocycles. The summed E-state index contributed by atoms with van der Waals surface area (Å²) in [5.41, 5.74) is 5.23. The third-order valence-corrected chi connectivity index (χ3v) is 4.27. The molecular weight excluding hydrogens is 366 g/mol. The van der Waals surface area contributed by atoms with Gasteiger partial charge < -0.3 is 0 Å². The zero-order chi connectivity index (χ0) is 14.4. The Morgan fingerprint density at radius 3 is 2.55 bits per heavy atom. The molecule has 0 radical (unpaired) electrons. The summed E-state index contributed by atoms with van der Waals surface area (Å²) in [6, 6.07) is 15.3. The number of hydrogen-bond donors (Lipinski definition) is 2. The first kappa shape index (κ1) is 15.4. The predicted octanol–water partition coefficient (Wildman–Crippen LogP) is 3.96. The molecule has 3 N–H and O–H groups in total. The minimum absolute atomic E-state index is 0.0613. The molecule has 0 aromatic heterocycles. The average Bonchev–Trinajstić information content (AvgIpc) is 2.46. The number of aryl methyl sites for hydroxylation is 1. The van der Waals surface area contributed by atoms with E-state index < -0.39 is 0 Å². The normalized spacial score (nSPS) is 12.3. The van der Waals surface area contributed by atoms with Crippen LogP contribution in [0.2, 0.25) is 0 Å². The Morgan fingerprint density at radius 2 is 1.90 bits per heavy atom. The van der Waals surface area contributed by atoms with E-state index in [-0.39, 0.29) is 11.9 Å². The van der Waals surface area contributed by atoms with Crippen molar-refractivity contribution in [1.29, 1.82) is 0 Å². The maximum Gasteiger partial charge on any atom is 0.124 e. The fourth-order valence-corrected chi connectivity index (χ4v) is 3.12. The summed E-state index contributed by atoms with van der Waals surface area (Å²) in [5, 5.41) is 0. The van der Waals surface area contributed by atoms with E-state index in [1.165, 1.54) is 17.7 Å². The fourth-order valence-electron chi connectivity index (χ4n) is 2.27. The number of halogens is 2. The van der Waals surface area contributed by atoms with Crippen molar-refractivity contribution < 1.29 is 4.39 Å². The van der Waals surface area contributed by atoms with Gasteiger partial charge in [0.05, 0.1) is 0 Å². The Bertz CT molecular complexity index is 545. The highest BCUT2D eigenvalue weighted by Gasteiger charge is 2.13. The molecule has 0 spiro atoms. The van der Waals surface area contributed by atoms with Crippen molar-refractivity contribution >= 4 is 22.6 Å². The second-order valence-corrected chi connectivity index (χ2v) is 5.93. The van der Waals surface area contributed by atoms with E-state index in [0.717, 1.165) is 28.4 Å². The van der Waals surface area contributed by atoms with Gasteiger partial charge in [0, 0.05) is 9.61 Å². The van der Waals surface area contributed by atoms with Crippen molar-refractivity contribution in [3.8, 4) is 0 Å². The number of nitrogens with one attached hydrogen (secondary N) is 1. The van der Waals surface area contributed by atoms with Crippen molar-refractivity contribution in [2.45, 2.75) is 25.3 Å². The van der Waals surface area contributed by atoms with Crippen LogP contribution in [0.15, 0.2) is 48.5 Å². The van der Waals surface area contributed by atoms with Crippen LogP contribution in [-0.2, 0) is 6.42 Å². The van der Waals surface area contributed by atoms with Gasteiger partial charge in [-0.15, -0.1) is 0 Å². The fraction of sp³-hybridized carbons (Fsp3) is 0.250. The molecule has 0 aliphatic heterocycles. The van der Waals surface area contributed by atoms with E-state index in [1.54, 1.807) is 0 Å². The van der Waals surface area contributed by atoms with Gasteiger partial charge in [-0.25, -0.2) is 4.39 Å². The number of rotatable bonds is 6. The minimum Gasteiger partial charge on any atom is -0.271 e. The molecule has 106 valence electrons. The topological polar surface area (TPSA) is 38.0 Å². The number of benzene rings is 2. The van der Waals surface area contributed by atoms with Crippen molar-refractivity contribution in [3.63, 3.8) is 0 Å². The van der Waals surface area contributed by atoms with E-state index in [2.05, 4.69) is 52.3 Å².